The fourth-order valence-corrected chi connectivity index (χ4v) is 3.79. The Kier molecular flexibility index (Phi) is 4.36. The Morgan fingerprint density at radius 2 is 2.16 bits per heavy atom. The molecule has 0 aliphatic carbocycles. The minimum Gasteiger partial charge on any atom is -0.373 e. The summed E-state index contributed by atoms with van der Waals surface area (Å²) in [6, 6.07) is 8.67. The Morgan fingerprint density at radius 3 is 3.04 bits per heavy atom. The summed E-state index contributed by atoms with van der Waals surface area (Å²) in [7, 11) is 1.93. The van der Waals surface area contributed by atoms with Crippen LogP contribution >= 0.6 is 0 Å². The highest BCUT2D eigenvalue weighted by Gasteiger charge is 2.26. The van der Waals surface area contributed by atoms with Gasteiger partial charge in [-0.05, 0) is 38.4 Å². The molecular weight excluding hydrogens is 312 g/mol. The van der Waals surface area contributed by atoms with E-state index in [4.69, 9.17) is 4.98 Å². The molecule has 1 saturated heterocycles. The van der Waals surface area contributed by atoms with E-state index in [1.807, 2.05) is 36.1 Å². The van der Waals surface area contributed by atoms with Crippen LogP contribution in [0.4, 0.5) is 5.82 Å². The van der Waals surface area contributed by atoms with Crippen molar-refractivity contribution in [2.45, 2.75) is 38.8 Å². The SMILES string of the molecule is CNc1ncccc1CN1CCCCC1c1cc(C)n2nccc2n1. The Morgan fingerprint density at radius 1 is 1.24 bits per heavy atom. The predicted molar refractivity (Wildman–Crippen MR) is 98.5 cm³/mol. The van der Waals surface area contributed by atoms with E-state index < -0.39 is 0 Å². The van der Waals surface area contributed by atoms with Crippen LogP contribution < -0.4 is 5.32 Å². The quantitative estimate of drug-likeness (QED) is 0.793. The molecule has 1 fully saturated rings. The van der Waals surface area contributed by atoms with Crippen molar-refractivity contribution < 1.29 is 0 Å². The summed E-state index contributed by atoms with van der Waals surface area (Å²) >= 11 is 0. The van der Waals surface area contributed by atoms with Crippen molar-refractivity contribution in [3.63, 3.8) is 0 Å². The second kappa shape index (κ2) is 6.80. The van der Waals surface area contributed by atoms with Crippen LogP contribution in [0.25, 0.3) is 5.65 Å². The van der Waals surface area contributed by atoms with Crippen LogP contribution in [0.5, 0.6) is 0 Å². The summed E-state index contributed by atoms with van der Waals surface area (Å²) in [6.07, 6.45) is 7.28. The normalized spacial score (nSPS) is 18.6. The highest BCUT2D eigenvalue weighted by molar-refractivity contribution is 5.43. The molecule has 0 saturated carbocycles. The third-order valence-corrected chi connectivity index (χ3v) is 5.01. The van der Waals surface area contributed by atoms with Crippen LogP contribution in [-0.2, 0) is 6.54 Å². The number of pyridine rings is 1. The van der Waals surface area contributed by atoms with E-state index in [0.29, 0.717) is 6.04 Å². The number of aromatic nitrogens is 4. The molecule has 0 spiro atoms. The van der Waals surface area contributed by atoms with Gasteiger partial charge in [0.2, 0.25) is 0 Å². The Labute approximate surface area is 147 Å². The summed E-state index contributed by atoms with van der Waals surface area (Å²) in [5.41, 5.74) is 4.45. The van der Waals surface area contributed by atoms with Gasteiger partial charge in [-0.15, -0.1) is 0 Å². The maximum Gasteiger partial charge on any atom is 0.155 e. The molecule has 0 radical (unpaired) electrons. The van der Waals surface area contributed by atoms with Gasteiger partial charge in [-0.25, -0.2) is 14.5 Å². The highest BCUT2D eigenvalue weighted by atomic mass is 15.3. The number of hydrogen-bond acceptors (Lipinski definition) is 5. The number of nitrogens with one attached hydrogen (secondary N) is 1. The van der Waals surface area contributed by atoms with E-state index in [1.165, 1.54) is 18.4 Å². The molecule has 0 amide bonds. The molecule has 6 nitrogen and oxygen atoms in total. The zero-order valence-electron chi connectivity index (χ0n) is 14.8. The van der Waals surface area contributed by atoms with Crippen LogP contribution in [0.1, 0.15) is 42.3 Å². The third kappa shape index (κ3) is 3.09. The molecule has 25 heavy (non-hydrogen) atoms. The van der Waals surface area contributed by atoms with E-state index in [9.17, 15) is 0 Å². The van der Waals surface area contributed by atoms with Gasteiger partial charge in [-0.2, -0.15) is 5.10 Å². The number of aryl methyl sites for hydroxylation is 1. The van der Waals surface area contributed by atoms with Crippen molar-refractivity contribution in [3.8, 4) is 0 Å². The number of nitrogens with zero attached hydrogens (tertiary/aromatic N) is 5. The molecule has 0 bridgehead atoms. The maximum absolute atomic E-state index is 4.88. The van der Waals surface area contributed by atoms with Gasteiger partial charge in [-0.3, -0.25) is 4.90 Å². The topological polar surface area (TPSA) is 58.4 Å². The van der Waals surface area contributed by atoms with Crippen LogP contribution in [0.3, 0.4) is 0 Å². The number of likely N-dealkylation sites (tertiary alicyclic amines) is 1. The Balaban J connectivity index is 1.66. The zero-order chi connectivity index (χ0) is 17.2. The summed E-state index contributed by atoms with van der Waals surface area (Å²) < 4.78 is 1.90. The van der Waals surface area contributed by atoms with Gasteiger partial charge in [-0.1, -0.05) is 12.5 Å². The minimum absolute atomic E-state index is 0.345. The molecule has 4 heterocycles. The van der Waals surface area contributed by atoms with Gasteiger partial charge in [0.15, 0.2) is 5.65 Å². The molecule has 1 aliphatic rings. The molecule has 3 aromatic rings. The standard InChI is InChI=1S/C19H24N6/c1-14-12-16(23-18-8-10-22-25(14)18)17-7-3-4-11-24(17)13-15-6-5-9-21-19(15)20-2/h5-6,8-10,12,17H,3-4,7,11,13H2,1-2H3,(H,20,21). The Hall–Kier alpha value is -2.47. The van der Waals surface area contributed by atoms with Crippen LogP contribution in [0.15, 0.2) is 36.7 Å². The van der Waals surface area contributed by atoms with Gasteiger partial charge in [0, 0.05) is 37.1 Å². The van der Waals surface area contributed by atoms with E-state index in [0.717, 1.165) is 42.4 Å². The molecule has 1 aliphatic heterocycles. The van der Waals surface area contributed by atoms with E-state index in [1.54, 1.807) is 0 Å². The van der Waals surface area contributed by atoms with Crippen LogP contribution in [0, 0.1) is 6.92 Å². The number of hydrogen-bond donors (Lipinski definition) is 1. The van der Waals surface area contributed by atoms with E-state index in [-0.39, 0.29) is 0 Å². The summed E-state index contributed by atoms with van der Waals surface area (Å²) in [5, 5.41) is 7.54. The lowest BCUT2D eigenvalue weighted by Crippen LogP contribution is -2.34. The predicted octanol–water partition coefficient (Wildman–Crippen LogP) is 3.20. The molecule has 6 heteroatoms. The summed E-state index contributed by atoms with van der Waals surface area (Å²) in [6.45, 7) is 4.08. The molecule has 1 N–H and O–H groups in total. The molecular formula is C19H24N6. The number of piperidine rings is 1. The second-order valence-electron chi connectivity index (χ2n) is 6.67. The zero-order valence-corrected chi connectivity index (χ0v) is 14.8. The highest BCUT2D eigenvalue weighted by Crippen LogP contribution is 2.32. The average Bonchev–Trinajstić information content (AvgIpc) is 3.12. The fraction of sp³-hybridized carbons (Fsp3) is 0.421. The van der Waals surface area contributed by atoms with Gasteiger partial charge >= 0.3 is 0 Å². The Bertz CT molecular complexity index is 871. The van der Waals surface area contributed by atoms with Crippen molar-refractivity contribution in [1.82, 2.24) is 24.5 Å². The van der Waals surface area contributed by atoms with Crippen molar-refractivity contribution in [1.29, 1.82) is 0 Å². The lowest BCUT2D eigenvalue weighted by atomic mass is 9.98. The first-order chi connectivity index (χ1) is 12.3. The first kappa shape index (κ1) is 16.0. The van der Waals surface area contributed by atoms with Crippen molar-refractivity contribution in [2.24, 2.45) is 0 Å². The number of rotatable bonds is 4. The molecule has 1 atom stereocenters. The van der Waals surface area contributed by atoms with Gasteiger partial charge in [0.05, 0.1) is 17.9 Å². The van der Waals surface area contributed by atoms with Crippen molar-refractivity contribution in [3.05, 3.63) is 53.6 Å². The minimum atomic E-state index is 0.345. The first-order valence-corrected chi connectivity index (χ1v) is 8.93. The summed E-state index contributed by atoms with van der Waals surface area (Å²) in [5.74, 6) is 0.960. The van der Waals surface area contributed by atoms with Crippen molar-refractivity contribution in [2.75, 3.05) is 18.9 Å². The molecule has 0 aromatic carbocycles. The molecule has 4 rings (SSSR count). The number of anilines is 1. The number of fused-ring (bicyclic) bond motifs is 1. The lowest BCUT2D eigenvalue weighted by Gasteiger charge is -2.35. The van der Waals surface area contributed by atoms with Crippen LogP contribution in [-0.4, -0.2) is 38.1 Å². The first-order valence-electron chi connectivity index (χ1n) is 8.93. The smallest absolute Gasteiger partial charge is 0.155 e. The average molecular weight is 336 g/mol. The van der Waals surface area contributed by atoms with Crippen LogP contribution in [0.2, 0.25) is 0 Å². The van der Waals surface area contributed by atoms with Gasteiger partial charge in [0.1, 0.15) is 5.82 Å². The van der Waals surface area contributed by atoms with Gasteiger partial charge < -0.3 is 5.32 Å². The molecule has 3 aromatic heterocycles. The van der Waals surface area contributed by atoms with E-state index >= 15 is 0 Å². The molecule has 130 valence electrons. The molecule has 1 unspecified atom stereocenters. The fourth-order valence-electron chi connectivity index (χ4n) is 3.79. The second-order valence-corrected chi connectivity index (χ2v) is 6.67. The van der Waals surface area contributed by atoms with E-state index in [2.05, 4.69) is 39.4 Å². The van der Waals surface area contributed by atoms with Gasteiger partial charge in [0.25, 0.3) is 0 Å². The maximum atomic E-state index is 4.88. The third-order valence-electron chi connectivity index (χ3n) is 5.01. The monoisotopic (exact) mass is 336 g/mol. The van der Waals surface area contributed by atoms with Crippen molar-refractivity contribution >= 4 is 11.5 Å². The summed E-state index contributed by atoms with van der Waals surface area (Å²) in [4.78, 5) is 11.9. The largest absolute Gasteiger partial charge is 0.373 e. The lowest BCUT2D eigenvalue weighted by molar-refractivity contribution is 0.137.